The van der Waals surface area contributed by atoms with Crippen LogP contribution in [0.3, 0.4) is 0 Å². The van der Waals surface area contributed by atoms with Crippen LogP contribution in [-0.2, 0) is 0 Å². The summed E-state index contributed by atoms with van der Waals surface area (Å²) in [5.41, 5.74) is 2.94. The summed E-state index contributed by atoms with van der Waals surface area (Å²) in [7, 11) is 0. The number of benzene rings is 3. The first kappa shape index (κ1) is 22.0. The molecular formula is C28H28N2O4. The van der Waals surface area contributed by atoms with Crippen LogP contribution in [0.4, 0.5) is 0 Å². The van der Waals surface area contributed by atoms with Gasteiger partial charge in [-0.2, -0.15) is 0 Å². The van der Waals surface area contributed by atoms with Crippen molar-refractivity contribution in [1.82, 2.24) is 9.55 Å². The van der Waals surface area contributed by atoms with Crippen LogP contribution in [0.1, 0.15) is 55.4 Å². The second kappa shape index (κ2) is 9.59. The van der Waals surface area contributed by atoms with Crippen molar-refractivity contribution in [2.24, 2.45) is 0 Å². The lowest BCUT2D eigenvalue weighted by Crippen LogP contribution is -2.14. The van der Waals surface area contributed by atoms with Gasteiger partial charge in [-0.25, -0.2) is 9.78 Å². The molecule has 6 heteroatoms. The molecule has 0 bridgehead atoms. The normalized spacial score (nSPS) is 14.3. The Bertz CT molecular complexity index is 1300. The van der Waals surface area contributed by atoms with Gasteiger partial charge in [-0.05, 0) is 74.4 Å². The van der Waals surface area contributed by atoms with Gasteiger partial charge in [0.15, 0.2) is 0 Å². The third kappa shape index (κ3) is 4.49. The van der Waals surface area contributed by atoms with Gasteiger partial charge in [0.25, 0.3) is 0 Å². The summed E-state index contributed by atoms with van der Waals surface area (Å²) in [4.78, 5) is 16.4. The monoisotopic (exact) mass is 456 g/mol. The van der Waals surface area contributed by atoms with E-state index in [1.165, 1.54) is 19.3 Å². The fourth-order valence-electron chi connectivity index (χ4n) is 4.75. The van der Waals surface area contributed by atoms with E-state index in [-0.39, 0.29) is 5.56 Å². The van der Waals surface area contributed by atoms with Crippen LogP contribution in [0.5, 0.6) is 17.2 Å². The fraction of sp³-hybridized carbons (Fsp3) is 0.286. The van der Waals surface area contributed by atoms with E-state index in [1.807, 2.05) is 61.5 Å². The number of aromatic nitrogens is 2. The number of hydrogen-bond donors (Lipinski definition) is 1. The molecule has 0 saturated heterocycles. The highest BCUT2D eigenvalue weighted by molar-refractivity contribution is 5.93. The zero-order valence-electron chi connectivity index (χ0n) is 19.2. The van der Waals surface area contributed by atoms with Crippen molar-refractivity contribution < 1.29 is 19.4 Å². The zero-order chi connectivity index (χ0) is 23.5. The molecule has 0 spiro atoms. The van der Waals surface area contributed by atoms with Gasteiger partial charge in [-0.1, -0.05) is 25.3 Å². The molecule has 5 rings (SSSR count). The molecule has 34 heavy (non-hydrogen) atoms. The number of carboxylic acid groups (broad SMARTS) is 1. The lowest BCUT2D eigenvalue weighted by molar-refractivity contribution is 0.0697. The first-order valence-corrected chi connectivity index (χ1v) is 11.9. The zero-order valence-corrected chi connectivity index (χ0v) is 19.2. The predicted molar refractivity (Wildman–Crippen MR) is 132 cm³/mol. The smallest absolute Gasteiger partial charge is 0.335 e. The average molecular weight is 457 g/mol. The Labute approximate surface area is 198 Å². The molecule has 4 aromatic rings. The van der Waals surface area contributed by atoms with Crippen molar-refractivity contribution in [2.45, 2.75) is 45.1 Å². The van der Waals surface area contributed by atoms with Crippen molar-refractivity contribution >= 4 is 17.0 Å². The van der Waals surface area contributed by atoms with Gasteiger partial charge in [-0.3, -0.25) is 0 Å². The predicted octanol–water partition coefficient (Wildman–Crippen LogP) is 7.10. The van der Waals surface area contributed by atoms with Crippen LogP contribution >= 0.6 is 0 Å². The Balaban J connectivity index is 1.49. The molecule has 0 atom stereocenters. The van der Waals surface area contributed by atoms with Crippen LogP contribution in [0.2, 0.25) is 0 Å². The lowest BCUT2D eigenvalue weighted by atomic mass is 9.95. The molecule has 6 nitrogen and oxygen atoms in total. The highest BCUT2D eigenvalue weighted by atomic mass is 16.5. The molecule has 0 amide bonds. The minimum absolute atomic E-state index is 0.255. The molecule has 1 aromatic heterocycles. The molecule has 3 aromatic carbocycles. The fourth-order valence-corrected chi connectivity index (χ4v) is 4.75. The van der Waals surface area contributed by atoms with E-state index < -0.39 is 5.97 Å². The largest absolute Gasteiger partial charge is 0.494 e. The molecule has 0 aliphatic heterocycles. The number of carboxylic acids is 1. The lowest BCUT2D eigenvalue weighted by Gasteiger charge is -2.25. The van der Waals surface area contributed by atoms with E-state index >= 15 is 0 Å². The first-order chi connectivity index (χ1) is 16.6. The molecule has 1 N–H and O–H groups in total. The topological polar surface area (TPSA) is 73.6 Å². The van der Waals surface area contributed by atoms with Gasteiger partial charge in [-0.15, -0.1) is 0 Å². The molecule has 1 aliphatic carbocycles. The Morgan fingerprint density at radius 3 is 2.47 bits per heavy atom. The average Bonchev–Trinajstić information content (AvgIpc) is 3.24. The Hall–Kier alpha value is -3.80. The van der Waals surface area contributed by atoms with Crippen LogP contribution in [0.15, 0.2) is 66.7 Å². The second-order valence-electron chi connectivity index (χ2n) is 8.64. The Morgan fingerprint density at radius 1 is 0.971 bits per heavy atom. The third-order valence-electron chi connectivity index (χ3n) is 6.34. The molecule has 1 fully saturated rings. The molecule has 0 radical (unpaired) electrons. The summed E-state index contributed by atoms with van der Waals surface area (Å²) in [6.07, 6.45) is 5.88. The maximum atomic E-state index is 11.5. The number of carbonyl (C=O) groups is 1. The number of aromatic carboxylic acids is 1. The highest BCUT2D eigenvalue weighted by Gasteiger charge is 2.23. The van der Waals surface area contributed by atoms with E-state index in [4.69, 9.17) is 14.5 Å². The Kier molecular flexibility index (Phi) is 6.21. The van der Waals surface area contributed by atoms with E-state index in [9.17, 15) is 9.90 Å². The number of ether oxygens (including phenoxy) is 2. The summed E-state index contributed by atoms with van der Waals surface area (Å²) in [6, 6.07) is 21.1. The SMILES string of the molecule is CCOc1cccc(Oc2ccc(-c3nc4cc(C(=O)O)ccc4n3C3CCCCC3)cc2)c1. The number of rotatable bonds is 7. The maximum absolute atomic E-state index is 11.5. The molecule has 0 unspecified atom stereocenters. The maximum Gasteiger partial charge on any atom is 0.335 e. The van der Waals surface area contributed by atoms with E-state index in [2.05, 4.69) is 4.57 Å². The number of fused-ring (bicyclic) bond motifs is 1. The van der Waals surface area contributed by atoms with Crippen molar-refractivity contribution in [2.75, 3.05) is 6.61 Å². The van der Waals surface area contributed by atoms with Crippen molar-refractivity contribution in [1.29, 1.82) is 0 Å². The van der Waals surface area contributed by atoms with Crippen molar-refractivity contribution in [3.63, 3.8) is 0 Å². The van der Waals surface area contributed by atoms with Gasteiger partial charge in [0.2, 0.25) is 0 Å². The van der Waals surface area contributed by atoms with Gasteiger partial charge >= 0.3 is 5.97 Å². The summed E-state index contributed by atoms with van der Waals surface area (Å²) in [5, 5.41) is 9.43. The first-order valence-electron chi connectivity index (χ1n) is 11.9. The number of imidazole rings is 1. The number of nitrogens with zero attached hydrogens (tertiary/aromatic N) is 2. The summed E-state index contributed by atoms with van der Waals surface area (Å²) in [6.45, 7) is 2.56. The van der Waals surface area contributed by atoms with Crippen molar-refractivity contribution in [3.8, 4) is 28.6 Å². The van der Waals surface area contributed by atoms with Crippen molar-refractivity contribution in [3.05, 3.63) is 72.3 Å². The molecule has 174 valence electrons. The van der Waals surface area contributed by atoms with Gasteiger partial charge < -0.3 is 19.1 Å². The summed E-state index contributed by atoms with van der Waals surface area (Å²) in [5.74, 6) is 2.15. The van der Waals surface area contributed by atoms with Crippen LogP contribution < -0.4 is 9.47 Å². The van der Waals surface area contributed by atoms with E-state index in [0.29, 0.717) is 23.9 Å². The minimum atomic E-state index is -0.939. The molecular weight excluding hydrogens is 428 g/mol. The van der Waals surface area contributed by atoms with Crippen LogP contribution in [0.25, 0.3) is 22.4 Å². The molecule has 1 saturated carbocycles. The molecule has 1 aliphatic rings. The van der Waals surface area contributed by atoms with Gasteiger partial charge in [0.05, 0.1) is 23.2 Å². The third-order valence-corrected chi connectivity index (χ3v) is 6.34. The summed E-state index contributed by atoms with van der Waals surface area (Å²) >= 11 is 0. The van der Waals surface area contributed by atoms with E-state index in [1.54, 1.807) is 12.1 Å². The highest BCUT2D eigenvalue weighted by Crippen LogP contribution is 2.37. The minimum Gasteiger partial charge on any atom is -0.494 e. The Morgan fingerprint density at radius 2 is 1.74 bits per heavy atom. The quantitative estimate of drug-likeness (QED) is 0.321. The molecule has 1 heterocycles. The summed E-state index contributed by atoms with van der Waals surface area (Å²) < 4.78 is 13.9. The van der Waals surface area contributed by atoms with Gasteiger partial charge in [0, 0.05) is 17.7 Å². The second-order valence-corrected chi connectivity index (χ2v) is 8.64. The van der Waals surface area contributed by atoms with Crippen LogP contribution in [0, 0.1) is 0 Å². The van der Waals surface area contributed by atoms with E-state index in [0.717, 1.165) is 41.2 Å². The number of hydrogen-bond acceptors (Lipinski definition) is 4. The van der Waals surface area contributed by atoms with Gasteiger partial charge in [0.1, 0.15) is 23.1 Å². The standard InChI is InChI=1S/C28H28N2O4/c1-2-33-23-9-6-10-24(18-23)34-22-14-11-19(12-15-22)27-29-25-17-20(28(31)32)13-16-26(25)30(27)21-7-4-3-5-8-21/h6,9-18,21H,2-5,7-8H2,1H3,(H,31,32). The van der Waals surface area contributed by atoms with Crippen LogP contribution in [-0.4, -0.2) is 27.2 Å².